The van der Waals surface area contributed by atoms with Crippen molar-refractivity contribution in [3.8, 4) is 0 Å². The Morgan fingerprint density at radius 1 is 1.25 bits per heavy atom. The molecule has 1 aliphatic heterocycles. The zero-order chi connectivity index (χ0) is 14.2. The molecule has 1 aliphatic carbocycles. The highest BCUT2D eigenvalue weighted by molar-refractivity contribution is 5.86. The molecule has 3 rings (SSSR count). The number of carbonyl (C=O) groups excluding carboxylic acids is 1. The molecule has 1 spiro atoms. The summed E-state index contributed by atoms with van der Waals surface area (Å²) in [7, 11) is 0. The topological polar surface area (TPSA) is 69.4 Å². The van der Waals surface area contributed by atoms with E-state index in [0.29, 0.717) is 25.2 Å². The summed E-state index contributed by atoms with van der Waals surface area (Å²) in [6.45, 7) is 0.494. The lowest BCUT2D eigenvalue weighted by molar-refractivity contribution is -0.384. The lowest BCUT2D eigenvalue weighted by atomic mass is 9.71. The normalized spacial score (nSPS) is 29.8. The van der Waals surface area contributed by atoms with E-state index >= 15 is 0 Å². The van der Waals surface area contributed by atoms with Gasteiger partial charge in [-0.1, -0.05) is 6.42 Å². The zero-order valence-corrected chi connectivity index (χ0v) is 11.2. The average Bonchev–Trinajstić information content (AvgIpc) is 2.88. The molecule has 1 aromatic rings. The minimum atomic E-state index is -0.411. The summed E-state index contributed by atoms with van der Waals surface area (Å²) in [5.41, 5.74) is 0.700. The maximum Gasteiger partial charge on any atom is 0.269 e. The van der Waals surface area contributed by atoms with Gasteiger partial charge in [0.15, 0.2) is 0 Å². The fraction of sp³-hybridized carbons (Fsp3) is 0.533. The fourth-order valence-corrected chi connectivity index (χ4v) is 3.28. The number of hydrogen-bond acceptors (Lipinski definition) is 4. The summed E-state index contributed by atoms with van der Waals surface area (Å²) in [4.78, 5) is 22.4. The molecule has 0 aromatic heterocycles. The number of nitrogens with zero attached hydrogens (tertiary/aromatic N) is 1. The second-order valence-corrected chi connectivity index (χ2v) is 5.76. The quantitative estimate of drug-likeness (QED) is 0.614. The number of carbonyl (C=O) groups is 1. The molecule has 1 heterocycles. The Hall–Kier alpha value is -1.75. The van der Waals surface area contributed by atoms with E-state index in [1.807, 2.05) is 0 Å². The highest BCUT2D eigenvalue weighted by atomic mass is 16.6. The van der Waals surface area contributed by atoms with Crippen LogP contribution in [0.3, 0.4) is 0 Å². The number of nitro benzene ring substituents is 1. The largest absolute Gasteiger partial charge is 0.372 e. The molecule has 2 aliphatic rings. The van der Waals surface area contributed by atoms with Gasteiger partial charge in [0.2, 0.25) is 0 Å². The SMILES string of the molecule is O=C1CCCC[C@]12CO[C@H](c1ccc([N+](=O)[O-])cc1)C2. The highest BCUT2D eigenvalue weighted by Gasteiger charge is 2.47. The van der Waals surface area contributed by atoms with Crippen LogP contribution in [0.5, 0.6) is 0 Å². The van der Waals surface area contributed by atoms with Crippen molar-refractivity contribution in [1.82, 2.24) is 0 Å². The van der Waals surface area contributed by atoms with Gasteiger partial charge in [-0.3, -0.25) is 14.9 Å². The van der Waals surface area contributed by atoms with Crippen LogP contribution in [0.4, 0.5) is 5.69 Å². The Balaban J connectivity index is 1.76. The summed E-state index contributed by atoms with van der Waals surface area (Å²) < 4.78 is 5.81. The number of non-ortho nitro benzene ring substituents is 1. The molecule has 0 bridgehead atoms. The van der Waals surface area contributed by atoms with E-state index < -0.39 is 4.92 Å². The summed E-state index contributed by atoms with van der Waals surface area (Å²) in [6, 6.07) is 6.45. The third-order valence-electron chi connectivity index (χ3n) is 4.51. The Morgan fingerprint density at radius 3 is 2.65 bits per heavy atom. The molecule has 1 saturated carbocycles. The molecule has 5 heteroatoms. The first-order chi connectivity index (χ1) is 9.61. The zero-order valence-electron chi connectivity index (χ0n) is 11.2. The third kappa shape index (κ3) is 2.22. The van der Waals surface area contributed by atoms with Crippen molar-refractivity contribution in [2.75, 3.05) is 6.61 Å². The standard InChI is InChI=1S/C15H17NO4/c17-14-3-1-2-8-15(14)9-13(20-10-15)11-4-6-12(7-5-11)16(18)19/h4-7,13H,1-3,8-10H2/t13-,15-/m0/s1. The number of nitro groups is 1. The number of Topliss-reactive ketones (excluding diaryl/α,β-unsaturated/α-hetero) is 1. The summed E-state index contributed by atoms with van der Waals surface area (Å²) in [5, 5.41) is 10.6. The number of benzene rings is 1. The van der Waals surface area contributed by atoms with E-state index in [0.717, 1.165) is 24.8 Å². The van der Waals surface area contributed by atoms with Crippen molar-refractivity contribution in [2.45, 2.75) is 38.2 Å². The summed E-state index contributed by atoms with van der Waals surface area (Å²) in [6.07, 6.45) is 4.25. The van der Waals surface area contributed by atoms with Gasteiger partial charge in [0.25, 0.3) is 5.69 Å². The molecule has 0 N–H and O–H groups in total. The van der Waals surface area contributed by atoms with Crippen LogP contribution < -0.4 is 0 Å². The van der Waals surface area contributed by atoms with Crippen molar-refractivity contribution >= 4 is 11.5 Å². The molecule has 1 aromatic carbocycles. The predicted molar refractivity (Wildman–Crippen MR) is 72.3 cm³/mol. The van der Waals surface area contributed by atoms with Crippen LogP contribution in [0.1, 0.15) is 43.8 Å². The molecule has 20 heavy (non-hydrogen) atoms. The van der Waals surface area contributed by atoms with Gasteiger partial charge in [-0.15, -0.1) is 0 Å². The van der Waals surface area contributed by atoms with Gasteiger partial charge in [0.1, 0.15) is 5.78 Å². The molecule has 0 radical (unpaired) electrons. The number of ketones is 1. The van der Waals surface area contributed by atoms with Crippen LogP contribution in [0.25, 0.3) is 0 Å². The van der Waals surface area contributed by atoms with Crippen molar-refractivity contribution in [2.24, 2.45) is 5.41 Å². The fourth-order valence-electron chi connectivity index (χ4n) is 3.28. The number of rotatable bonds is 2. The average molecular weight is 275 g/mol. The molecular weight excluding hydrogens is 258 g/mol. The molecule has 0 unspecified atom stereocenters. The molecule has 106 valence electrons. The summed E-state index contributed by atoms with van der Waals surface area (Å²) >= 11 is 0. The van der Waals surface area contributed by atoms with Crippen LogP contribution >= 0.6 is 0 Å². The molecule has 2 fully saturated rings. The van der Waals surface area contributed by atoms with E-state index in [1.165, 1.54) is 12.1 Å². The summed E-state index contributed by atoms with van der Waals surface area (Å²) in [5.74, 6) is 0.327. The van der Waals surface area contributed by atoms with Gasteiger partial charge in [-0.2, -0.15) is 0 Å². The van der Waals surface area contributed by atoms with Crippen molar-refractivity contribution in [3.63, 3.8) is 0 Å². The van der Waals surface area contributed by atoms with Gasteiger partial charge in [-0.25, -0.2) is 0 Å². The molecule has 5 nitrogen and oxygen atoms in total. The molecule has 0 amide bonds. The van der Waals surface area contributed by atoms with Gasteiger partial charge in [0.05, 0.1) is 23.0 Å². The van der Waals surface area contributed by atoms with Gasteiger partial charge >= 0.3 is 0 Å². The third-order valence-corrected chi connectivity index (χ3v) is 4.51. The van der Waals surface area contributed by atoms with Gasteiger partial charge in [0, 0.05) is 18.6 Å². The van der Waals surface area contributed by atoms with Crippen molar-refractivity contribution in [3.05, 3.63) is 39.9 Å². The van der Waals surface area contributed by atoms with E-state index in [2.05, 4.69) is 0 Å². The van der Waals surface area contributed by atoms with Crippen molar-refractivity contribution in [1.29, 1.82) is 0 Å². The van der Waals surface area contributed by atoms with Crippen LogP contribution in [0, 0.1) is 15.5 Å². The second kappa shape index (κ2) is 4.98. The number of ether oxygens (including phenoxy) is 1. The van der Waals surface area contributed by atoms with Crippen molar-refractivity contribution < 1.29 is 14.5 Å². The maximum absolute atomic E-state index is 12.2. The smallest absolute Gasteiger partial charge is 0.269 e. The Bertz CT molecular complexity index is 539. The maximum atomic E-state index is 12.2. The molecule has 1 saturated heterocycles. The molecular formula is C15H17NO4. The van der Waals surface area contributed by atoms with E-state index in [1.54, 1.807) is 12.1 Å². The van der Waals surface area contributed by atoms with Crippen LogP contribution in [-0.4, -0.2) is 17.3 Å². The number of hydrogen-bond donors (Lipinski definition) is 0. The minimum Gasteiger partial charge on any atom is -0.372 e. The monoisotopic (exact) mass is 275 g/mol. The van der Waals surface area contributed by atoms with Crippen LogP contribution in [0.15, 0.2) is 24.3 Å². The first kappa shape index (κ1) is 13.2. The minimum absolute atomic E-state index is 0.0789. The van der Waals surface area contributed by atoms with E-state index in [9.17, 15) is 14.9 Å². The Kier molecular flexibility index (Phi) is 3.30. The van der Waals surface area contributed by atoms with E-state index in [-0.39, 0.29) is 17.2 Å². The lowest BCUT2D eigenvalue weighted by Crippen LogP contribution is -2.34. The Labute approximate surface area is 117 Å². The highest BCUT2D eigenvalue weighted by Crippen LogP contribution is 2.47. The predicted octanol–water partition coefficient (Wildman–Crippen LogP) is 3.19. The van der Waals surface area contributed by atoms with Gasteiger partial charge < -0.3 is 4.74 Å². The first-order valence-electron chi connectivity index (χ1n) is 7.00. The molecule has 2 atom stereocenters. The van der Waals surface area contributed by atoms with Crippen LogP contribution in [-0.2, 0) is 9.53 Å². The van der Waals surface area contributed by atoms with Gasteiger partial charge in [-0.05, 0) is 37.0 Å². The second-order valence-electron chi connectivity index (χ2n) is 5.76. The van der Waals surface area contributed by atoms with Crippen LogP contribution in [0.2, 0.25) is 0 Å². The Morgan fingerprint density at radius 2 is 2.00 bits per heavy atom. The first-order valence-corrected chi connectivity index (χ1v) is 7.00. The lowest BCUT2D eigenvalue weighted by Gasteiger charge is -2.30. The van der Waals surface area contributed by atoms with E-state index in [4.69, 9.17) is 4.74 Å².